The van der Waals surface area contributed by atoms with Gasteiger partial charge in [-0.15, -0.1) is 0 Å². The molecule has 0 atom stereocenters. The van der Waals surface area contributed by atoms with Crippen LogP contribution in [0.5, 0.6) is 0 Å². The highest BCUT2D eigenvalue weighted by molar-refractivity contribution is 5.94. The Morgan fingerprint density at radius 2 is 0.845 bits per heavy atom. The number of Topliss-reactive ketones (excluding diaryl/α,β-unsaturated/α-hetero) is 1. The van der Waals surface area contributed by atoms with Crippen LogP contribution in [0, 0.1) is 0 Å². The van der Waals surface area contributed by atoms with Gasteiger partial charge in [-0.25, -0.2) is 4.79 Å². The highest BCUT2D eigenvalue weighted by Gasteiger charge is 2.03. The Labute approximate surface area is 349 Å². The van der Waals surface area contributed by atoms with Crippen LogP contribution >= 0.6 is 0 Å². The van der Waals surface area contributed by atoms with Crippen molar-refractivity contribution in [1.29, 1.82) is 0 Å². The van der Waals surface area contributed by atoms with E-state index in [1.807, 2.05) is 30.3 Å². The van der Waals surface area contributed by atoms with Crippen LogP contribution in [0.1, 0.15) is 90.0 Å². The summed E-state index contributed by atoms with van der Waals surface area (Å²) in [5.41, 5.74) is 3.13. The number of benzene rings is 1. The number of carbonyl (C=O) groups excluding carboxylic acids is 2. The number of ether oxygens (including phenoxy) is 8. The molecule has 0 aromatic heterocycles. The summed E-state index contributed by atoms with van der Waals surface area (Å²) in [4.78, 5) is 22.3. The van der Waals surface area contributed by atoms with Gasteiger partial charge >= 0.3 is 5.97 Å². The maximum absolute atomic E-state index is 11.3. The van der Waals surface area contributed by atoms with Gasteiger partial charge < -0.3 is 53.2 Å². The van der Waals surface area contributed by atoms with Gasteiger partial charge in [0.2, 0.25) is 0 Å². The van der Waals surface area contributed by atoms with E-state index >= 15 is 0 Å². The molecule has 0 saturated heterocycles. The van der Waals surface area contributed by atoms with Crippen LogP contribution in [-0.2, 0) is 47.5 Å². The minimum Gasteiger partial charge on any atom is -0.460 e. The lowest BCUT2D eigenvalue weighted by molar-refractivity contribution is -0.140. The molecule has 0 heterocycles. The highest BCUT2D eigenvalue weighted by Crippen LogP contribution is 2.13. The van der Waals surface area contributed by atoms with Crippen molar-refractivity contribution in [2.75, 3.05) is 119 Å². The van der Waals surface area contributed by atoms with Gasteiger partial charge in [0.05, 0.1) is 106 Å². The Morgan fingerprint density at radius 3 is 1.24 bits per heavy atom. The first-order valence-electron chi connectivity index (χ1n) is 20.8. The van der Waals surface area contributed by atoms with E-state index in [-0.39, 0.29) is 25.6 Å². The molecule has 1 aromatic rings. The molecule has 0 amide bonds. The fraction of sp³-hybridized carbons (Fsp3) is 0.689. The number of aliphatic hydroxyl groups is 3. The number of hydrogen-bond donors (Lipinski definition) is 3. The first-order chi connectivity index (χ1) is 28.2. The first kappa shape index (κ1) is 57.3. The lowest BCUT2D eigenvalue weighted by atomic mass is 10.0. The summed E-state index contributed by atoms with van der Waals surface area (Å²) in [6, 6.07) is 9.98. The quantitative estimate of drug-likeness (QED) is 0.0384. The van der Waals surface area contributed by atoms with Crippen molar-refractivity contribution in [3.8, 4) is 0 Å². The topological polar surface area (TPSA) is 169 Å². The summed E-state index contributed by atoms with van der Waals surface area (Å²) in [6.07, 6.45) is 12.7. The van der Waals surface area contributed by atoms with Gasteiger partial charge in [-0.1, -0.05) is 101 Å². The zero-order valence-corrected chi connectivity index (χ0v) is 35.9. The van der Waals surface area contributed by atoms with E-state index in [4.69, 9.17) is 53.2 Å². The second-order valence-corrected chi connectivity index (χ2v) is 13.3. The predicted octanol–water partition coefficient (Wildman–Crippen LogP) is 6.32. The molecule has 0 fully saturated rings. The van der Waals surface area contributed by atoms with E-state index in [2.05, 4.69) is 19.7 Å². The Kier molecular flexibility index (Phi) is 46.3. The van der Waals surface area contributed by atoms with Gasteiger partial charge in [0.1, 0.15) is 6.61 Å². The lowest BCUT2D eigenvalue weighted by Crippen LogP contribution is -2.14. The van der Waals surface area contributed by atoms with Gasteiger partial charge in [0.15, 0.2) is 5.78 Å². The van der Waals surface area contributed by atoms with Crippen molar-refractivity contribution in [3.63, 3.8) is 0 Å². The number of hydrogen-bond acceptors (Lipinski definition) is 13. The molecular weight excluding hydrogens is 748 g/mol. The third kappa shape index (κ3) is 44.3. The predicted molar refractivity (Wildman–Crippen MR) is 229 cm³/mol. The van der Waals surface area contributed by atoms with Crippen LogP contribution in [0.4, 0.5) is 0 Å². The third-order valence-electron chi connectivity index (χ3n) is 7.89. The average Bonchev–Trinajstić information content (AvgIpc) is 3.22. The van der Waals surface area contributed by atoms with Crippen molar-refractivity contribution >= 4 is 17.3 Å². The molecule has 13 heteroatoms. The van der Waals surface area contributed by atoms with Gasteiger partial charge in [0.25, 0.3) is 0 Å². The Morgan fingerprint density at radius 1 is 0.466 bits per heavy atom. The molecule has 0 radical (unpaired) electrons. The molecule has 0 spiro atoms. The van der Waals surface area contributed by atoms with Crippen LogP contribution in [0.25, 0.3) is 5.57 Å². The molecule has 0 aliphatic rings. The molecule has 3 N–H and O–H groups in total. The van der Waals surface area contributed by atoms with Crippen LogP contribution in [-0.4, -0.2) is 146 Å². The lowest BCUT2D eigenvalue weighted by Gasteiger charge is -2.08. The fourth-order valence-corrected chi connectivity index (χ4v) is 4.62. The largest absolute Gasteiger partial charge is 0.460 e. The maximum Gasteiger partial charge on any atom is 0.333 e. The van der Waals surface area contributed by atoms with E-state index in [1.165, 1.54) is 51.4 Å². The second-order valence-electron chi connectivity index (χ2n) is 13.3. The molecule has 13 nitrogen and oxygen atoms in total. The molecular formula is C45H78O13. The van der Waals surface area contributed by atoms with Crippen molar-refractivity contribution in [1.82, 2.24) is 0 Å². The summed E-state index contributed by atoms with van der Waals surface area (Å²) < 4.78 is 41.4. The summed E-state index contributed by atoms with van der Waals surface area (Å²) in [6.45, 7) is 21.6. The number of allylic oxidation sites excluding steroid dienone is 1. The number of esters is 1. The SMILES string of the molecule is C=C(C)C(=O)CCCCCCCCCCCCO.C=C(C)C(=O)OCCOCCOCCOCCO.C=C(COCCOCCOCCOCCO)c1ccccc1. The summed E-state index contributed by atoms with van der Waals surface area (Å²) in [5.74, 6) is -0.185. The van der Waals surface area contributed by atoms with Gasteiger partial charge in [-0.05, 0) is 43.4 Å². The molecule has 58 heavy (non-hydrogen) atoms. The van der Waals surface area contributed by atoms with E-state index in [1.54, 1.807) is 13.8 Å². The number of unbranched alkanes of at least 4 members (excludes halogenated alkanes) is 9. The molecule has 0 bridgehead atoms. The minimum atomic E-state index is -0.407. The first-order valence-corrected chi connectivity index (χ1v) is 20.8. The molecule has 0 unspecified atom stereocenters. The smallest absolute Gasteiger partial charge is 0.333 e. The summed E-state index contributed by atoms with van der Waals surface area (Å²) >= 11 is 0. The van der Waals surface area contributed by atoms with E-state index < -0.39 is 5.97 Å². The molecule has 0 aliphatic carbocycles. The third-order valence-corrected chi connectivity index (χ3v) is 7.89. The zero-order valence-electron chi connectivity index (χ0n) is 35.9. The number of carbonyl (C=O) groups is 2. The molecule has 0 aliphatic heterocycles. The van der Waals surface area contributed by atoms with Crippen LogP contribution in [0.3, 0.4) is 0 Å². The fourth-order valence-electron chi connectivity index (χ4n) is 4.62. The highest BCUT2D eigenvalue weighted by atomic mass is 16.6. The van der Waals surface area contributed by atoms with Crippen molar-refractivity contribution in [2.24, 2.45) is 0 Å². The Balaban J connectivity index is 0. The van der Waals surface area contributed by atoms with Gasteiger partial charge in [-0.3, -0.25) is 4.79 Å². The van der Waals surface area contributed by atoms with E-state index in [0.29, 0.717) is 117 Å². The van der Waals surface area contributed by atoms with Crippen molar-refractivity contribution in [3.05, 3.63) is 66.8 Å². The number of rotatable bonds is 39. The standard InChI is InChI=1S/C17H26O5.C16H30O2.C12H22O6/c1-16(17-5-3-2-4-6-17)15-22-14-13-21-12-11-20-10-9-19-8-7-18;1-15(2)16(18)13-11-9-7-5-3-4-6-8-10-12-14-17;1-11(2)12(14)18-10-9-17-8-7-16-6-5-15-4-3-13/h2-6,18H,1,7-15H2;17H,1,3-14H2,2H3;13H,1,3-10H2,2H3. The molecule has 1 aromatic carbocycles. The molecule has 1 rings (SSSR count). The van der Waals surface area contributed by atoms with Crippen molar-refractivity contribution < 1.29 is 62.8 Å². The summed E-state index contributed by atoms with van der Waals surface area (Å²) in [5, 5.41) is 25.6. The Bertz CT molecular complexity index is 1050. The van der Waals surface area contributed by atoms with Gasteiger partial charge in [0, 0.05) is 18.6 Å². The maximum atomic E-state index is 11.3. The van der Waals surface area contributed by atoms with Crippen LogP contribution < -0.4 is 0 Å². The van der Waals surface area contributed by atoms with Crippen LogP contribution in [0.2, 0.25) is 0 Å². The van der Waals surface area contributed by atoms with E-state index in [0.717, 1.165) is 24.0 Å². The minimum absolute atomic E-state index is 0.0199. The monoisotopic (exact) mass is 827 g/mol. The number of aliphatic hydroxyl groups excluding tert-OH is 3. The Hall–Kier alpha value is -2.82. The van der Waals surface area contributed by atoms with Gasteiger partial charge in [-0.2, -0.15) is 0 Å². The zero-order chi connectivity index (χ0) is 43.2. The average molecular weight is 827 g/mol. The molecule has 336 valence electrons. The molecule has 0 saturated carbocycles. The van der Waals surface area contributed by atoms with E-state index in [9.17, 15) is 9.59 Å². The van der Waals surface area contributed by atoms with Crippen molar-refractivity contribution in [2.45, 2.75) is 84.5 Å². The second kappa shape index (κ2) is 46.9. The normalized spacial score (nSPS) is 10.6. The summed E-state index contributed by atoms with van der Waals surface area (Å²) in [7, 11) is 0. The van der Waals surface area contributed by atoms with Crippen LogP contribution in [0.15, 0.2) is 61.2 Å². The number of ketones is 1.